The molecule has 0 spiro atoms. The minimum atomic E-state index is -0.488. The van der Waals surface area contributed by atoms with Crippen LogP contribution in [0.5, 0.6) is 0 Å². The molecule has 8 nitrogen and oxygen atoms in total. The number of allylic oxidation sites excluding steroid dienone is 1. The molecule has 29 heavy (non-hydrogen) atoms. The first-order valence-corrected chi connectivity index (χ1v) is 8.51. The van der Waals surface area contributed by atoms with Crippen molar-refractivity contribution in [1.29, 1.82) is 5.26 Å². The molecule has 2 heterocycles. The lowest BCUT2D eigenvalue weighted by Gasteiger charge is -2.01. The Bertz CT molecular complexity index is 1380. The van der Waals surface area contributed by atoms with E-state index in [-0.39, 0.29) is 22.6 Å². The van der Waals surface area contributed by atoms with Gasteiger partial charge in [0, 0.05) is 12.1 Å². The molecule has 0 radical (unpaired) electrons. The molecule has 1 N–H and O–H groups in total. The number of nitrogens with zero attached hydrogens (tertiary/aromatic N) is 3. The predicted molar refractivity (Wildman–Crippen MR) is 107 cm³/mol. The Morgan fingerprint density at radius 2 is 1.90 bits per heavy atom. The van der Waals surface area contributed by atoms with Gasteiger partial charge in [0.2, 0.25) is 0 Å². The van der Waals surface area contributed by atoms with Crippen LogP contribution >= 0.6 is 0 Å². The highest BCUT2D eigenvalue weighted by Gasteiger charge is 2.17. The van der Waals surface area contributed by atoms with E-state index in [1.165, 1.54) is 12.1 Å². The maximum absolute atomic E-state index is 12.2. The number of para-hydroxylation sites is 2. The number of nitrogens with one attached hydrogen (secondary N) is 1. The number of hydrogen-bond acceptors (Lipinski definition) is 6. The van der Waals surface area contributed by atoms with Crippen LogP contribution in [-0.4, -0.2) is 14.9 Å². The van der Waals surface area contributed by atoms with Crippen LogP contribution < -0.4 is 5.56 Å². The number of aromatic amines is 1. The fraction of sp³-hybridized carbons (Fsp3) is 0. The lowest BCUT2D eigenvalue weighted by Crippen LogP contribution is -2.11. The lowest BCUT2D eigenvalue weighted by atomic mass is 10.1. The zero-order chi connectivity index (χ0) is 20.4. The first-order chi connectivity index (χ1) is 14.1. The number of benzene rings is 2. The zero-order valence-corrected chi connectivity index (χ0v) is 14.8. The van der Waals surface area contributed by atoms with Gasteiger partial charge in [-0.2, -0.15) is 5.26 Å². The molecule has 8 heteroatoms. The third-order valence-corrected chi connectivity index (χ3v) is 4.27. The number of H-pyrrole nitrogens is 1. The molecule has 0 saturated heterocycles. The van der Waals surface area contributed by atoms with Gasteiger partial charge in [-0.15, -0.1) is 0 Å². The van der Waals surface area contributed by atoms with Gasteiger partial charge >= 0.3 is 0 Å². The Hall–Kier alpha value is -4.51. The van der Waals surface area contributed by atoms with Crippen LogP contribution in [-0.2, 0) is 0 Å². The molecule has 0 aliphatic rings. The summed E-state index contributed by atoms with van der Waals surface area (Å²) in [4.78, 5) is 29.9. The maximum atomic E-state index is 12.2. The highest BCUT2D eigenvalue weighted by atomic mass is 16.6. The van der Waals surface area contributed by atoms with E-state index in [9.17, 15) is 20.2 Å². The van der Waals surface area contributed by atoms with Gasteiger partial charge in [0.05, 0.1) is 27.0 Å². The number of furan rings is 1. The lowest BCUT2D eigenvalue weighted by molar-refractivity contribution is -0.384. The van der Waals surface area contributed by atoms with Gasteiger partial charge in [-0.25, -0.2) is 4.98 Å². The standard InChI is InChI=1S/C21H12N4O4/c22-12-13(20-23-17-7-3-1-5-15(17)21(26)24-20)11-14-9-10-19(29-14)16-6-2-4-8-18(16)25(27)28/h1-11H,(H,23,24,26)/b13-11+. The largest absolute Gasteiger partial charge is 0.456 e. The number of nitriles is 1. The van der Waals surface area contributed by atoms with Gasteiger partial charge in [-0.3, -0.25) is 14.9 Å². The van der Waals surface area contributed by atoms with Crippen molar-refractivity contribution >= 4 is 28.2 Å². The van der Waals surface area contributed by atoms with Crippen molar-refractivity contribution in [2.24, 2.45) is 0 Å². The summed E-state index contributed by atoms with van der Waals surface area (Å²) in [7, 11) is 0. The summed E-state index contributed by atoms with van der Waals surface area (Å²) in [5.41, 5.74) is 0.446. The van der Waals surface area contributed by atoms with Crippen molar-refractivity contribution < 1.29 is 9.34 Å². The van der Waals surface area contributed by atoms with Crippen LogP contribution in [0, 0.1) is 21.4 Å². The van der Waals surface area contributed by atoms with E-state index in [0.29, 0.717) is 28.0 Å². The topological polar surface area (TPSA) is 126 Å². The summed E-state index contributed by atoms with van der Waals surface area (Å²) in [6.07, 6.45) is 1.42. The Morgan fingerprint density at radius 3 is 2.69 bits per heavy atom. The van der Waals surface area contributed by atoms with Crippen LogP contribution in [0.25, 0.3) is 33.9 Å². The first kappa shape index (κ1) is 17.9. The second kappa shape index (κ2) is 7.25. The van der Waals surface area contributed by atoms with Gasteiger partial charge in [-0.05, 0) is 30.3 Å². The van der Waals surface area contributed by atoms with Gasteiger partial charge in [0.25, 0.3) is 11.2 Å². The van der Waals surface area contributed by atoms with Crippen LogP contribution in [0.3, 0.4) is 0 Å². The van der Waals surface area contributed by atoms with Crippen molar-refractivity contribution in [2.45, 2.75) is 0 Å². The quantitative estimate of drug-likeness (QED) is 0.320. The molecule has 0 fully saturated rings. The molecule has 0 aliphatic carbocycles. The second-order valence-electron chi connectivity index (χ2n) is 6.08. The van der Waals surface area contributed by atoms with Crippen molar-refractivity contribution in [3.8, 4) is 17.4 Å². The van der Waals surface area contributed by atoms with Crippen LogP contribution in [0.1, 0.15) is 11.6 Å². The number of rotatable bonds is 4. The number of aromatic nitrogens is 2. The first-order valence-electron chi connectivity index (χ1n) is 8.51. The van der Waals surface area contributed by atoms with Crippen molar-refractivity contribution in [1.82, 2.24) is 9.97 Å². The third kappa shape index (κ3) is 3.40. The molecule has 0 aliphatic heterocycles. The normalized spacial score (nSPS) is 11.3. The Kier molecular flexibility index (Phi) is 4.47. The molecule has 4 aromatic rings. The molecule has 4 rings (SSSR count). The fourth-order valence-electron chi connectivity index (χ4n) is 2.93. The molecule has 0 atom stereocenters. The molecule has 0 unspecified atom stereocenters. The summed E-state index contributed by atoms with van der Waals surface area (Å²) in [6.45, 7) is 0. The molecular formula is C21H12N4O4. The summed E-state index contributed by atoms with van der Waals surface area (Å²) in [5, 5.41) is 21.2. The molecule has 140 valence electrons. The van der Waals surface area contributed by atoms with Crippen molar-refractivity contribution in [3.63, 3.8) is 0 Å². The molecule has 2 aromatic heterocycles. The van der Waals surface area contributed by atoms with Crippen LogP contribution in [0.15, 0.2) is 69.9 Å². The average Bonchev–Trinajstić information content (AvgIpc) is 3.20. The van der Waals surface area contributed by atoms with Gasteiger partial charge in [-0.1, -0.05) is 24.3 Å². The molecule has 2 aromatic carbocycles. The Labute approximate surface area is 163 Å². The fourth-order valence-corrected chi connectivity index (χ4v) is 2.93. The zero-order valence-electron chi connectivity index (χ0n) is 14.8. The second-order valence-corrected chi connectivity index (χ2v) is 6.08. The SMILES string of the molecule is N#C/C(=C\c1ccc(-c2ccccc2[N+](=O)[O-])o1)c1nc2ccccc2c(=O)[nH]1. The van der Waals surface area contributed by atoms with E-state index in [0.717, 1.165) is 0 Å². The smallest absolute Gasteiger partial charge is 0.280 e. The van der Waals surface area contributed by atoms with Gasteiger partial charge in [0.1, 0.15) is 17.6 Å². The van der Waals surface area contributed by atoms with E-state index in [2.05, 4.69) is 9.97 Å². The Balaban J connectivity index is 1.76. The summed E-state index contributed by atoms with van der Waals surface area (Å²) >= 11 is 0. The number of nitro groups is 1. The summed E-state index contributed by atoms with van der Waals surface area (Å²) in [6, 6.07) is 18.2. The van der Waals surface area contributed by atoms with Crippen molar-refractivity contribution in [2.75, 3.05) is 0 Å². The highest BCUT2D eigenvalue weighted by molar-refractivity contribution is 5.88. The van der Waals surface area contributed by atoms with Gasteiger partial charge < -0.3 is 9.40 Å². The average molecular weight is 384 g/mol. The minimum Gasteiger partial charge on any atom is -0.456 e. The molecule has 0 bridgehead atoms. The monoisotopic (exact) mass is 384 g/mol. The van der Waals surface area contributed by atoms with Crippen LogP contribution in [0.2, 0.25) is 0 Å². The van der Waals surface area contributed by atoms with Crippen LogP contribution in [0.4, 0.5) is 5.69 Å². The summed E-state index contributed by atoms with van der Waals surface area (Å²) in [5.74, 6) is 0.700. The number of hydrogen-bond donors (Lipinski definition) is 1. The van der Waals surface area contributed by atoms with Crippen molar-refractivity contribution in [3.05, 3.63) is 92.7 Å². The number of fused-ring (bicyclic) bond motifs is 1. The Morgan fingerprint density at radius 1 is 1.14 bits per heavy atom. The van der Waals surface area contributed by atoms with E-state index >= 15 is 0 Å². The van der Waals surface area contributed by atoms with E-state index in [1.54, 1.807) is 54.6 Å². The predicted octanol–water partition coefficient (Wildman–Crippen LogP) is 4.16. The summed E-state index contributed by atoms with van der Waals surface area (Å²) < 4.78 is 5.68. The molecule has 0 saturated carbocycles. The van der Waals surface area contributed by atoms with E-state index in [1.807, 2.05) is 6.07 Å². The minimum absolute atomic E-state index is 0.0848. The number of nitro benzene ring substituents is 1. The van der Waals surface area contributed by atoms with E-state index < -0.39 is 4.92 Å². The molecule has 0 amide bonds. The van der Waals surface area contributed by atoms with E-state index in [4.69, 9.17) is 4.42 Å². The third-order valence-electron chi connectivity index (χ3n) is 4.27. The highest BCUT2D eigenvalue weighted by Crippen LogP contribution is 2.31. The molecular weight excluding hydrogens is 372 g/mol. The maximum Gasteiger partial charge on any atom is 0.280 e. The van der Waals surface area contributed by atoms with Gasteiger partial charge in [0.15, 0.2) is 5.82 Å².